The highest BCUT2D eigenvalue weighted by Crippen LogP contribution is 2.68. The second-order valence-electron chi connectivity index (χ2n) is 17.0. The standard InChI is InChI=1S/C35H49N13O25P4/c1-4-38-19(50)7-14-15(68-31(22(14)51)48-13-45(2)21-29(48)43-34(37)44-30(21)54)8-66-75(58,59)72-77(62,63)73-76(60,61)67-10-17-25(26(64-3)33(70-17)47-12-41-20-27(36)39-11-40-28(20)47)71-74(56,57)65-9-16-23(52)24(53)32(69-16)46-6-5-18(49)42-35(46)55/h5-6,11-17,22-26,31-33,51-53H,4,7-10H2,1-3H3,(H10-,36,37,38,39,40,42,43,44,49,50,54,55,56,57,58,59,60,61,62,63)/t14-,15-,16-,17-,22-,23-,24-,25-,26-,31?,32-,33-/m1/s1. The fourth-order valence-electron chi connectivity index (χ4n) is 8.60. The van der Waals surface area contributed by atoms with Crippen LogP contribution in [0.1, 0.15) is 32.0 Å². The lowest BCUT2D eigenvalue weighted by molar-refractivity contribution is -0.646. The topological polar surface area (TPSA) is 539 Å². The second kappa shape index (κ2) is 22.6. The van der Waals surface area contributed by atoms with E-state index in [0.29, 0.717) is 4.57 Å². The number of hydrogen-bond donors (Lipinski definition) is 11. The number of anilines is 2. The van der Waals surface area contributed by atoms with Crippen molar-refractivity contribution < 1.29 is 108 Å². The minimum Gasteiger partial charge on any atom is -0.756 e. The van der Waals surface area contributed by atoms with E-state index in [-0.39, 0.29) is 40.6 Å². The fraction of sp³-hybridized carbons (Fsp3) is 0.571. The first-order valence-electron chi connectivity index (χ1n) is 22.3. The van der Waals surface area contributed by atoms with Crippen molar-refractivity contribution in [2.24, 2.45) is 13.0 Å². The summed E-state index contributed by atoms with van der Waals surface area (Å²) in [6.45, 7) is -1.69. The zero-order valence-corrected chi connectivity index (χ0v) is 43.4. The van der Waals surface area contributed by atoms with Crippen LogP contribution in [0.3, 0.4) is 0 Å². The number of aromatic amines is 2. The summed E-state index contributed by atoms with van der Waals surface area (Å²) < 4.78 is 109. The van der Waals surface area contributed by atoms with Gasteiger partial charge in [-0.1, -0.05) is 0 Å². The SMILES string of the molecule is CCNC(=O)C[C@@H]1[C@@H](COP(=O)(O)OP(=O)(O)OP(=O)(O)OC[C@H]2O[C@@H](n3cnc4c(N)ncnc43)[C@H](OC)[C@@H]2OP(=O)([O-])OC[C@H]2O[C@@H](n3ccc(=O)[nH]c3=O)[C@H](O)[C@@H]2O)OC(n2c[n+](C)c3c(=O)[nH]c(N)nc32)[C@@H]1O. The number of imidazole rings is 2. The maximum Gasteiger partial charge on any atom is 0.490 e. The van der Waals surface area contributed by atoms with Gasteiger partial charge in [0, 0.05) is 38.3 Å². The third kappa shape index (κ3) is 12.7. The third-order valence-electron chi connectivity index (χ3n) is 11.9. The number of ether oxygens (including phenoxy) is 4. The van der Waals surface area contributed by atoms with E-state index in [2.05, 4.69) is 38.9 Å². The maximum absolute atomic E-state index is 13.5. The Bertz CT molecular complexity index is 3390. The number of carbonyl (C=O) groups excluding carboxylic acids is 1. The molecule has 0 aliphatic carbocycles. The van der Waals surface area contributed by atoms with Crippen LogP contribution in [0.25, 0.3) is 22.3 Å². The summed E-state index contributed by atoms with van der Waals surface area (Å²) in [7, 11) is -21.3. The summed E-state index contributed by atoms with van der Waals surface area (Å²) in [5.41, 5.74) is 9.07. The molecule has 38 nitrogen and oxygen atoms in total. The fourth-order valence-corrected chi connectivity index (χ4v) is 13.1. The lowest BCUT2D eigenvalue weighted by Crippen LogP contribution is -2.39. The number of phosphoric acid groups is 4. The Morgan fingerprint density at radius 1 is 0.818 bits per heavy atom. The van der Waals surface area contributed by atoms with Crippen LogP contribution in [0.4, 0.5) is 11.8 Å². The number of carbonyl (C=O) groups is 1. The summed E-state index contributed by atoms with van der Waals surface area (Å²) in [4.78, 5) is 115. The molecule has 0 spiro atoms. The Morgan fingerprint density at radius 2 is 1.45 bits per heavy atom. The number of aliphatic hydroxyl groups is 3. The lowest BCUT2D eigenvalue weighted by atomic mass is 9.94. The highest BCUT2D eigenvalue weighted by molar-refractivity contribution is 7.66. The van der Waals surface area contributed by atoms with Gasteiger partial charge in [0.15, 0.2) is 23.9 Å². The average Bonchev–Trinajstić information content (AvgIpc) is 4.18. The molecule has 1 amide bonds. The predicted molar refractivity (Wildman–Crippen MR) is 246 cm³/mol. The Balaban J connectivity index is 0.949. The van der Waals surface area contributed by atoms with Crippen LogP contribution >= 0.6 is 31.3 Å². The van der Waals surface area contributed by atoms with Crippen molar-refractivity contribution in [3.05, 3.63) is 62.4 Å². The van der Waals surface area contributed by atoms with Crippen molar-refractivity contribution in [1.82, 2.24) is 48.9 Å². The van der Waals surface area contributed by atoms with Crippen LogP contribution in [0, 0.1) is 5.92 Å². The van der Waals surface area contributed by atoms with Crippen LogP contribution in [0.2, 0.25) is 0 Å². The van der Waals surface area contributed by atoms with E-state index < -0.39 is 154 Å². The molecular formula is C35H49N13O25P4. The lowest BCUT2D eigenvalue weighted by Gasteiger charge is -2.31. The number of nitrogens with two attached hydrogens (primary N) is 2. The van der Waals surface area contributed by atoms with Gasteiger partial charge in [-0.3, -0.25) is 47.1 Å². The number of phosphoric ester groups is 3. The van der Waals surface area contributed by atoms with Crippen LogP contribution in [0.5, 0.6) is 0 Å². The van der Waals surface area contributed by atoms with Crippen molar-refractivity contribution in [2.45, 2.75) is 80.9 Å². The number of nitrogens with zero attached hydrogens (tertiary/aromatic N) is 8. The molecule has 16 atom stereocenters. The summed E-state index contributed by atoms with van der Waals surface area (Å²) in [6, 6.07) is 0.911. The first-order valence-corrected chi connectivity index (χ1v) is 28.2. The molecule has 424 valence electrons. The van der Waals surface area contributed by atoms with Gasteiger partial charge in [0.2, 0.25) is 24.4 Å². The van der Waals surface area contributed by atoms with E-state index in [9.17, 15) is 72.3 Å². The van der Waals surface area contributed by atoms with Gasteiger partial charge in [0.05, 0.1) is 39.3 Å². The molecule has 0 radical (unpaired) electrons. The van der Waals surface area contributed by atoms with Gasteiger partial charge >= 0.3 is 34.7 Å². The summed E-state index contributed by atoms with van der Waals surface area (Å²) >= 11 is 0. The van der Waals surface area contributed by atoms with Crippen LogP contribution in [-0.2, 0) is 75.8 Å². The summed E-state index contributed by atoms with van der Waals surface area (Å²) in [6.07, 6.45) is -14.7. The van der Waals surface area contributed by atoms with E-state index in [4.69, 9.17) is 48.5 Å². The van der Waals surface area contributed by atoms with E-state index in [1.165, 1.54) is 27.1 Å². The minimum absolute atomic E-state index is 0.0135. The monoisotopic (exact) mass is 1180 g/mol. The predicted octanol–water partition coefficient (Wildman–Crippen LogP) is -4.73. The van der Waals surface area contributed by atoms with Gasteiger partial charge in [-0.25, -0.2) is 38.0 Å². The molecule has 0 aromatic carbocycles. The highest BCUT2D eigenvalue weighted by Gasteiger charge is 2.53. The Labute approximate surface area is 428 Å². The van der Waals surface area contributed by atoms with Crippen molar-refractivity contribution in [1.29, 1.82) is 0 Å². The van der Waals surface area contributed by atoms with Gasteiger partial charge in [-0.2, -0.15) is 18.2 Å². The summed E-state index contributed by atoms with van der Waals surface area (Å²) in [5.74, 6) is -2.27. The highest BCUT2D eigenvalue weighted by atomic mass is 31.3. The number of aromatic nitrogens is 10. The van der Waals surface area contributed by atoms with Gasteiger partial charge in [0.25, 0.3) is 24.5 Å². The Morgan fingerprint density at radius 3 is 2.12 bits per heavy atom. The zero-order chi connectivity index (χ0) is 56.1. The number of H-pyrrole nitrogens is 2. The van der Waals surface area contributed by atoms with Crippen LogP contribution in [0.15, 0.2) is 45.6 Å². The molecule has 8 rings (SSSR count). The van der Waals surface area contributed by atoms with E-state index in [1.807, 2.05) is 4.98 Å². The number of rotatable bonds is 22. The average molecular weight is 1180 g/mol. The molecular weight excluding hydrogens is 1130 g/mol. The molecule has 5 aromatic heterocycles. The number of nitrogens with one attached hydrogen (secondary N) is 3. The van der Waals surface area contributed by atoms with Crippen molar-refractivity contribution >= 4 is 71.3 Å². The van der Waals surface area contributed by atoms with Gasteiger partial charge in [-0.05, 0) is 6.92 Å². The van der Waals surface area contributed by atoms with Crippen LogP contribution in [-0.4, -0.2) is 162 Å². The number of nitrogen functional groups attached to an aromatic ring is 2. The molecule has 3 saturated heterocycles. The smallest absolute Gasteiger partial charge is 0.490 e. The number of aryl methyl sites for hydroxylation is 1. The number of hydrogen-bond acceptors (Lipinski definition) is 28. The van der Waals surface area contributed by atoms with E-state index >= 15 is 0 Å². The van der Waals surface area contributed by atoms with Crippen molar-refractivity contribution in [2.75, 3.05) is 44.9 Å². The molecule has 13 N–H and O–H groups in total. The van der Waals surface area contributed by atoms with Crippen molar-refractivity contribution in [3.63, 3.8) is 0 Å². The first kappa shape index (κ1) is 58.0. The molecule has 8 heterocycles. The second-order valence-corrected chi connectivity index (χ2v) is 23.0. The zero-order valence-electron chi connectivity index (χ0n) is 39.8. The number of methoxy groups -OCH3 is 1. The number of amides is 1. The van der Waals surface area contributed by atoms with Gasteiger partial charge < -0.3 is 79.7 Å². The third-order valence-corrected chi connectivity index (χ3v) is 17.1. The summed E-state index contributed by atoms with van der Waals surface area (Å²) in [5, 5.41) is 35.2. The molecule has 5 unspecified atom stereocenters. The molecule has 0 bridgehead atoms. The molecule has 5 aromatic rings. The molecule has 0 saturated carbocycles. The van der Waals surface area contributed by atoms with Crippen LogP contribution < -0.4 is 43.1 Å². The first-order chi connectivity index (χ1) is 36.1. The van der Waals surface area contributed by atoms with Gasteiger partial charge in [-0.15, -0.1) is 0 Å². The molecule has 3 aliphatic heterocycles. The molecule has 3 fully saturated rings. The molecule has 3 aliphatic rings. The van der Waals surface area contributed by atoms with Crippen molar-refractivity contribution in [3.8, 4) is 0 Å². The molecule has 42 heteroatoms. The minimum atomic E-state index is -6.24. The normalized spacial score (nSPS) is 29.8. The van der Waals surface area contributed by atoms with Gasteiger partial charge in [0.1, 0.15) is 54.6 Å². The Hall–Kier alpha value is -5.11. The largest absolute Gasteiger partial charge is 0.756 e. The number of fused-ring (bicyclic) bond motifs is 2. The van der Waals surface area contributed by atoms with E-state index in [1.54, 1.807) is 6.92 Å². The quantitative estimate of drug-likeness (QED) is 0.0229. The Kier molecular flexibility index (Phi) is 17.0. The van der Waals surface area contributed by atoms with E-state index in [0.717, 1.165) is 32.0 Å². The number of aliphatic hydroxyl groups excluding tert-OH is 3. The molecule has 77 heavy (non-hydrogen) atoms. The maximum atomic E-state index is 13.5.